The highest BCUT2D eigenvalue weighted by Crippen LogP contribution is 2.65. The maximum Gasteiger partial charge on any atom is 0.336 e. The molecule has 5 heteroatoms. The Bertz CT molecular complexity index is 707. The maximum atomic E-state index is 12.4. The first-order chi connectivity index (χ1) is 12.3. The van der Waals surface area contributed by atoms with Crippen LogP contribution in [0.1, 0.15) is 52.9 Å². The lowest BCUT2D eigenvalue weighted by molar-refractivity contribution is -0.155. The van der Waals surface area contributed by atoms with E-state index < -0.39 is 6.29 Å². The van der Waals surface area contributed by atoms with Gasteiger partial charge in [-0.05, 0) is 55.4 Å². The second kappa shape index (κ2) is 5.95. The molecule has 0 unspecified atom stereocenters. The van der Waals surface area contributed by atoms with Crippen LogP contribution in [-0.2, 0) is 23.8 Å². The van der Waals surface area contributed by atoms with Crippen LogP contribution in [0.3, 0.4) is 0 Å². The largest absolute Gasteiger partial charge is 0.458 e. The lowest BCUT2D eigenvalue weighted by Crippen LogP contribution is -2.54. The molecule has 6 atom stereocenters. The Morgan fingerprint density at radius 1 is 1.23 bits per heavy atom. The van der Waals surface area contributed by atoms with Crippen molar-refractivity contribution in [1.29, 1.82) is 0 Å². The van der Waals surface area contributed by atoms with E-state index in [0.717, 1.165) is 31.3 Å². The number of methoxy groups -OCH3 is 1. The van der Waals surface area contributed by atoms with Crippen LogP contribution in [0.4, 0.5) is 0 Å². The zero-order chi connectivity index (χ0) is 18.7. The van der Waals surface area contributed by atoms with Crippen LogP contribution < -0.4 is 0 Å². The molecule has 2 aliphatic carbocycles. The third-order valence-electron chi connectivity index (χ3n) is 7.72. The van der Waals surface area contributed by atoms with Gasteiger partial charge >= 0.3 is 11.9 Å². The van der Waals surface area contributed by atoms with Gasteiger partial charge in [-0.1, -0.05) is 26.8 Å². The Morgan fingerprint density at radius 3 is 2.69 bits per heavy atom. The van der Waals surface area contributed by atoms with E-state index in [1.807, 2.05) is 0 Å². The third kappa shape index (κ3) is 2.32. The van der Waals surface area contributed by atoms with E-state index in [9.17, 15) is 9.59 Å². The number of ether oxygens (including phenoxy) is 3. The molecule has 1 saturated heterocycles. The molecule has 1 saturated carbocycles. The standard InChI is InChI=1S/C21H28O5/c1-12-10-16-21(3)14(19(23)25-16)6-5-7-15(21)20(12,2)9-8-13-11-17(24-4)26-18(13)22/h6,11-12,15-17H,5,7-10H2,1-4H3/t12-,15+,16-,17-,20+,21+/m0/s1. The van der Waals surface area contributed by atoms with Crippen molar-refractivity contribution >= 4 is 11.9 Å². The van der Waals surface area contributed by atoms with Crippen molar-refractivity contribution in [2.75, 3.05) is 7.11 Å². The van der Waals surface area contributed by atoms with Crippen molar-refractivity contribution in [1.82, 2.24) is 0 Å². The Balaban J connectivity index is 1.60. The molecule has 26 heavy (non-hydrogen) atoms. The summed E-state index contributed by atoms with van der Waals surface area (Å²) in [6.07, 6.45) is 7.78. The van der Waals surface area contributed by atoms with Crippen molar-refractivity contribution in [3.8, 4) is 0 Å². The first-order valence-corrected chi connectivity index (χ1v) is 9.66. The molecule has 0 N–H and O–H groups in total. The lowest BCUT2D eigenvalue weighted by Gasteiger charge is -2.57. The van der Waals surface area contributed by atoms with Crippen molar-refractivity contribution in [3.05, 3.63) is 23.3 Å². The Hall–Kier alpha value is -1.62. The number of hydrogen-bond acceptors (Lipinski definition) is 5. The molecule has 0 aromatic heterocycles. The molecule has 0 bridgehead atoms. The van der Waals surface area contributed by atoms with Gasteiger partial charge in [0.2, 0.25) is 6.29 Å². The molecule has 0 spiro atoms. The molecule has 2 heterocycles. The molecule has 0 aromatic rings. The summed E-state index contributed by atoms with van der Waals surface area (Å²) in [6.45, 7) is 6.82. The predicted octanol–water partition coefficient (Wildman–Crippen LogP) is 3.54. The fourth-order valence-corrected chi connectivity index (χ4v) is 5.93. The molecule has 4 aliphatic rings. The van der Waals surface area contributed by atoms with Crippen LogP contribution in [0.15, 0.2) is 23.3 Å². The van der Waals surface area contributed by atoms with Crippen molar-refractivity contribution < 1.29 is 23.8 Å². The first-order valence-electron chi connectivity index (χ1n) is 9.66. The SMILES string of the molecule is CO[C@@H]1C=C(CC[C@@]2(C)[C@H]3CCC=C4C(=O)O[C@@H](C[C@@H]2C)[C@]43C)C(=O)O1. The minimum atomic E-state index is -0.555. The Kier molecular flexibility index (Phi) is 4.07. The van der Waals surface area contributed by atoms with Crippen molar-refractivity contribution in [2.45, 2.75) is 65.3 Å². The van der Waals surface area contributed by atoms with E-state index in [0.29, 0.717) is 23.8 Å². The minimum Gasteiger partial charge on any atom is -0.458 e. The topological polar surface area (TPSA) is 61.8 Å². The highest BCUT2D eigenvalue weighted by Gasteiger charge is 2.64. The first kappa shape index (κ1) is 17.8. The van der Waals surface area contributed by atoms with E-state index in [1.165, 1.54) is 7.11 Å². The molecule has 0 amide bonds. The van der Waals surface area contributed by atoms with Gasteiger partial charge in [0, 0.05) is 23.7 Å². The summed E-state index contributed by atoms with van der Waals surface area (Å²) in [7, 11) is 1.54. The smallest absolute Gasteiger partial charge is 0.336 e. The van der Waals surface area contributed by atoms with E-state index >= 15 is 0 Å². The summed E-state index contributed by atoms with van der Waals surface area (Å²) < 4.78 is 16.1. The van der Waals surface area contributed by atoms with Crippen LogP contribution >= 0.6 is 0 Å². The zero-order valence-electron chi connectivity index (χ0n) is 16.0. The fourth-order valence-electron chi connectivity index (χ4n) is 5.93. The molecule has 142 valence electrons. The van der Waals surface area contributed by atoms with Crippen LogP contribution in [0.25, 0.3) is 0 Å². The second-order valence-corrected chi connectivity index (χ2v) is 8.77. The third-order valence-corrected chi connectivity index (χ3v) is 7.72. The quantitative estimate of drug-likeness (QED) is 0.718. The molecule has 0 radical (unpaired) electrons. The number of allylic oxidation sites excluding steroid dienone is 1. The van der Waals surface area contributed by atoms with Gasteiger partial charge in [0.05, 0.1) is 0 Å². The molecule has 2 fully saturated rings. The number of rotatable bonds is 4. The molecular weight excluding hydrogens is 332 g/mol. The van der Waals surface area contributed by atoms with E-state index in [2.05, 4.69) is 26.8 Å². The zero-order valence-corrected chi connectivity index (χ0v) is 16.0. The molecule has 4 rings (SSSR count). The van der Waals surface area contributed by atoms with Crippen molar-refractivity contribution in [2.24, 2.45) is 22.7 Å². The summed E-state index contributed by atoms with van der Waals surface area (Å²) in [4.78, 5) is 24.4. The number of carbonyl (C=O) groups is 2. The van der Waals surface area contributed by atoms with Gasteiger partial charge in [-0.15, -0.1) is 0 Å². The number of esters is 2. The second-order valence-electron chi connectivity index (χ2n) is 8.77. The minimum absolute atomic E-state index is 0.0110. The van der Waals surface area contributed by atoms with Crippen LogP contribution in [0.2, 0.25) is 0 Å². The highest BCUT2D eigenvalue weighted by atomic mass is 16.7. The van der Waals surface area contributed by atoms with Gasteiger partial charge in [-0.2, -0.15) is 0 Å². The summed E-state index contributed by atoms with van der Waals surface area (Å²) in [5.41, 5.74) is 1.44. The van der Waals surface area contributed by atoms with Gasteiger partial charge in [0.15, 0.2) is 0 Å². The number of hydrogen-bond donors (Lipinski definition) is 0. The lowest BCUT2D eigenvalue weighted by atomic mass is 9.46. The van der Waals surface area contributed by atoms with Gasteiger partial charge in [-0.25, -0.2) is 9.59 Å². The average Bonchev–Trinajstić information content (AvgIpc) is 3.09. The highest BCUT2D eigenvalue weighted by molar-refractivity contribution is 5.93. The van der Waals surface area contributed by atoms with Gasteiger partial charge < -0.3 is 14.2 Å². The number of carbonyl (C=O) groups excluding carboxylic acids is 2. The number of cyclic esters (lactones) is 1. The van der Waals surface area contributed by atoms with Crippen LogP contribution in [0.5, 0.6) is 0 Å². The monoisotopic (exact) mass is 360 g/mol. The average molecular weight is 360 g/mol. The molecule has 0 aromatic carbocycles. The van der Waals surface area contributed by atoms with Gasteiger partial charge in [-0.3, -0.25) is 0 Å². The van der Waals surface area contributed by atoms with Crippen LogP contribution in [0, 0.1) is 22.7 Å². The summed E-state index contributed by atoms with van der Waals surface area (Å²) in [6, 6.07) is 0. The summed E-state index contributed by atoms with van der Waals surface area (Å²) in [5, 5.41) is 0. The van der Waals surface area contributed by atoms with Gasteiger partial charge in [0.1, 0.15) is 6.10 Å². The van der Waals surface area contributed by atoms with E-state index in [1.54, 1.807) is 6.08 Å². The summed E-state index contributed by atoms with van der Waals surface area (Å²) in [5.74, 6) is 0.416. The fraction of sp³-hybridized carbons (Fsp3) is 0.714. The van der Waals surface area contributed by atoms with E-state index in [4.69, 9.17) is 14.2 Å². The van der Waals surface area contributed by atoms with Crippen molar-refractivity contribution in [3.63, 3.8) is 0 Å². The van der Waals surface area contributed by atoms with Gasteiger partial charge in [0.25, 0.3) is 0 Å². The Morgan fingerprint density at radius 2 is 2.00 bits per heavy atom. The normalized spacial score (nSPS) is 44.2. The van der Waals surface area contributed by atoms with Crippen LogP contribution in [-0.4, -0.2) is 31.4 Å². The molecular formula is C21H28O5. The molecule has 2 aliphatic heterocycles. The van der Waals surface area contributed by atoms with E-state index in [-0.39, 0.29) is 28.9 Å². The summed E-state index contributed by atoms with van der Waals surface area (Å²) >= 11 is 0. The predicted molar refractivity (Wildman–Crippen MR) is 94.9 cm³/mol. The Labute approximate surface area is 154 Å². The maximum absolute atomic E-state index is 12.4. The molecule has 5 nitrogen and oxygen atoms in total.